The Balaban J connectivity index is 1.92. The monoisotopic (exact) mass is 344 g/mol. The SMILES string of the molecule is CC(O)c1onc(-c2cccnc2)c1C(=O)N1CCC(C(N)=O)CC1. The number of nitrogens with zero attached hydrogens (tertiary/aromatic N) is 3. The lowest BCUT2D eigenvalue weighted by molar-refractivity contribution is -0.123. The second-order valence-electron chi connectivity index (χ2n) is 6.16. The van der Waals surface area contributed by atoms with Gasteiger partial charge in [-0.1, -0.05) is 5.16 Å². The van der Waals surface area contributed by atoms with Crippen molar-refractivity contribution in [1.29, 1.82) is 0 Å². The van der Waals surface area contributed by atoms with E-state index < -0.39 is 6.10 Å². The van der Waals surface area contributed by atoms with Gasteiger partial charge in [0.05, 0.1) is 0 Å². The zero-order valence-electron chi connectivity index (χ0n) is 13.9. The Hall–Kier alpha value is -2.74. The van der Waals surface area contributed by atoms with E-state index >= 15 is 0 Å². The van der Waals surface area contributed by atoms with Gasteiger partial charge in [0.2, 0.25) is 5.91 Å². The van der Waals surface area contributed by atoms with Crippen molar-refractivity contribution < 1.29 is 19.2 Å². The zero-order valence-corrected chi connectivity index (χ0v) is 13.9. The van der Waals surface area contributed by atoms with Crippen molar-refractivity contribution in [1.82, 2.24) is 15.0 Å². The van der Waals surface area contributed by atoms with E-state index in [2.05, 4.69) is 10.1 Å². The van der Waals surface area contributed by atoms with Crippen LogP contribution in [0.4, 0.5) is 0 Å². The molecule has 1 aliphatic heterocycles. The molecule has 3 heterocycles. The van der Waals surface area contributed by atoms with E-state index in [1.165, 1.54) is 6.92 Å². The van der Waals surface area contributed by atoms with Crippen molar-refractivity contribution in [2.75, 3.05) is 13.1 Å². The van der Waals surface area contributed by atoms with Crippen LogP contribution in [0, 0.1) is 5.92 Å². The van der Waals surface area contributed by atoms with E-state index in [1.54, 1.807) is 29.4 Å². The van der Waals surface area contributed by atoms with Crippen LogP contribution in [0.25, 0.3) is 11.3 Å². The number of nitrogens with two attached hydrogens (primary N) is 1. The summed E-state index contributed by atoms with van der Waals surface area (Å²) in [5.74, 6) is -0.696. The minimum atomic E-state index is -0.972. The molecule has 0 bridgehead atoms. The van der Waals surface area contributed by atoms with Gasteiger partial charge in [-0.15, -0.1) is 0 Å². The van der Waals surface area contributed by atoms with Crippen LogP contribution in [-0.2, 0) is 4.79 Å². The van der Waals surface area contributed by atoms with Gasteiger partial charge in [0.25, 0.3) is 5.91 Å². The minimum absolute atomic E-state index is 0.126. The second kappa shape index (κ2) is 7.02. The topological polar surface area (TPSA) is 123 Å². The van der Waals surface area contributed by atoms with Crippen LogP contribution in [0.2, 0.25) is 0 Å². The maximum Gasteiger partial charge on any atom is 0.259 e. The third-order valence-corrected chi connectivity index (χ3v) is 4.43. The van der Waals surface area contributed by atoms with E-state index in [4.69, 9.17) is 10.3 Å². The summed E-state index contributed by atoms with van der Waals surface area (Å²) in [4.78, 5) is 30.0. The molecule has 3 rings (SSSR count). The maximum absolute atomic E-state index is 13.0. The van der Waals surface area contributed by atoms with Crippen LogP contribution < -0.4 is 5.73 Å². The lowest BCUT2D eigenvalue weighted by Crippen LogP contribution is -2.42. The van der Waals surface area contributed by atoms with Gasteiger partial charge in [-0.3, -0.25) is 14.6 Å². The molecule has 0 aromatic carbocycles. The van der Waals surface area contributed by atoms with E-state index in [9.17, 15) is 14.7 Å². The summed E-state index contributed by atoms with van der Waals surface area (Å²) in [6.07, 6.45) is 3.28. The summed E-state index contributed by atoms with van der Waals surface area (Å²) in [7, 11) is 0. The first-order valence-corrected chi connectivity index (χ1v) is 8.15. The number of hydrogen-bond donors (Lipinski definition) is 2. The molecule has 3 N–H and O–H groups in total. The molecule has 2 amide bonds. The number of carbonyl (C=O) groups is 2. The smallest absolute Gasteiger partial charge is 0.259 e. The number of aliphatic hydroxyl groups is 1. The molecule has 8 heteroatoms. The Labute approximate surface area is 144 Å². The van der Waals surface area contributed by atoms with Crippen LogP contribution >= 0.6 is 0 Å². The summed E-state index contributed by atoms with van der Waals surface area (Å²) in [5, 5.41) is 13.9. The Kier molecular flexibility index (Phi) is 4.80. The Morgan fingerprint density at radius 2 is 2.12 bits per heavy atom. The molecule has 1 saturated heterocycles. The highest BCUT2D eigenvalue weighted by Crippen LogP contribution is 2.31. The van der Waals surface area contributed by atoms with E-state index in [-0.39, 0.29) is 29.1 Å². The molecule has 1 fully saturated rings. The van der Waals surface area contributed by atoms with Gasteiger partial charge < -0.3 is 20.3 Å². The molecule has 0 radical (unpaired) electrons. The molecule has 8 nitrogen and oxygen atoms in total. The number of rotatable bonds is 4. The molecule has 2 aromatic heterocycles. The number of likely N-dealkylation sites (tertiary alicyclic amines) is 1. The van der Waals surface area contributed by atoms with Gasteiger partial charge in [-0.25, -0.2) is 0 Å². The fourth-order valence-corrected chi connectivity index (χ4v) is 3.02. The third kappa shape index (κ3) is 3.39. The Morgan fingerprint density at radius 3 is 2.68 bits per heavy atom. The van der Waals surface area contributed by atoms with E-state index in [1.807, 2.05) is 0 Å². The van der Waals surface area contributed by atoms with Crippen LogP contribution in [0.1, 0.15) is 42.0 Å². The fourth-order valence-electron chi connectivity index (χ4n) is 3.02. The standard InChI is InChI=1S/C17H20N4O4/c1-10(22)15-13(14(20-25-15)12-3-2-6-19-9-12)17(24)21-7-4-11(5-8-21)16(18)23/h2-3,6,9-11,22H,4-5,7-8H2,1H3,(H2,18,23). The van der Waals surface area contributed by atoms with Crippen molar-refractivity contribution in [2.45, 2.75) is 25.9 Å². The second-order valence-corrected chi connectivity index (χ2v) is 6.16. The minimum Gasteiger partial charge on any atom is -0.385 e. The molecule has 0 saturated carbocycles. The van der Waals surface area contributed by atoms with E-state index in [0.717, 1.165) is 0 Å². The lowest BCUT2D eigenvalue weighted by atomic mass is 9.95. The molecule has 2 aromatic rings. The average molecular weight is 344 g/mol. The molecular formula is C17H20N4O4. The summed E-state index contributed by atoms with van der Waals surface area (Å²) in [5.41, 5.74) is 6.56. The van der Waals surface area contributed by atoms with Crippen LogP contribution in [0.3, 0.4) is 0 Å². The van der Waals surface area contributed by atoms with Gasteiger partial charge in [-0.05, 0) is 31.9 Å². The predicted molar refractivity (Wildman–Crippen MR) is 88.2 cm³/mol. The predicted octanol–water partition coefficient (Wildman–Crippen LogP) is 1.13. The Morgan fingerprint density at radius 1 is 1.40 bits per heavy atom. The van der Waals surface area contributed by atoms with Crippen molar-refractivity contribution in [3.8, 4) is 11.3 Å². The van der Waals surface area contributed by atoms with Crippen LogP contribution in [0.15, 0.2) is 29.0 Å². The normalized spacial score (nSPS) is 16.6. The molecule has 1 aliphatic rings. The van der Waals surface area contributed by atoms with Crippen LogP contribution in [-0.4, -0.2) is 45.1 Å². The van der Waals surface area contributed by atoms with Gasteiger partial charge in [0.15, 0.2) is 5.76 Å². The van der Waals surface area contributed by atoms with Crippen molar-refractivity contribution >= 4 is 11.8 Å². The fraction of sp³-hybridized carbons (Fsp3) is 0.412. The molecule has 1 unspecified atom stereocenters. The molecule has 0 aliphatic carbocycles. The number of aliphatic hydroxyl groups excluding tert-OH is 1. The highest BCUT2D eigenvalue weighted by Gasteiger charge is 2.32. The van der Waals surface area contributed by atoms with Crippen molar-refractivity contribution in [3.63, 3.8) is 0 Å². The number of carbonyl (C=O) groups excluding carboxylic acids is 2. The first-order chi connectivity index (χ1) is 12.0. The van der Waals surface area contributed by atoms with Gasteiger partial charge in [0.1, 0.15) is 17.4 Å². The van der Waals surface area contributed by atoms with Crippen molar-refractivity contribution in [2.24, 2.45) is 11.7 Å². The first-order valence-electron chi connectivity index (χ1n) is 8.15. The first kappa shape index (κ1) is 17.1. The maximum atomic E-state index is 13.0. The quantitative estimate of drug-likeness (QED) is 0.857. The summed E-state index contributed by atoms with van der Waals surface area (Å²) < 4.78 is 5.23. The highest BCUT2D eigenvalue weighted by molar-refractivity contribution is 6.01. The Bertz CT molecular complexity index is 764. The van der Waals surface area contributed by atoms with Gasteiger partial charge in [0, 0.05) is 37.0 Å². The number of primary amides is 1. The summed E-state index contributed by atoms with van der Waals surface area (Å²) in [6, 6.07) is 3.51. The number of hydrogen-bond acceptors (Lipinski definition) is 6. The number of piperidine rings is 1. The molecular weight excluding hydrogens is 324 g/mol. The largest absolute Gasteiger partial charge is 0.385 e. The number of amides is 2. The van der Waals surface area contributed by atoms with E-state index in [0.29, 0.717) is 37.2 Å². The molecule has 0 spiro atoms. The lowest BCUT2D eigenvalue weighted by Gasteiger charge is -2.30. The summed E-state index contributed by atoms with van der Waals surface area (Å²) in [6.45, 7) is 2.36. The van der Waals surface area contributed by atoms with Crippen molar-refractivity contribution in [3.05, 3.63) is 35.9 Å². The van der Waals surface area contributed by atoms with Gasteiger partial charge >= 0.3 is 0 Å². The third-order valence-electron chi connectivity index (χ3n) is 4.43. The average Bonchev–Trinajstić information content (AvgIpc) is 3.07. The number of pyridine rings is 1. The van der Waals surface area contributed by atoms with Crippen LogP contribution in [0.5, 0.6) is 0 Å². The zero-order chi connectivity index (χ0) is 18.0. The summed E-state index contributed by atoms with van der Waals surface area (Å²) >= 11 is 0. The molecule has 25 heavy (non-hydrogen) atoms. The molecule has 132 valence electrons. The highest BCUT2D eigenvalue weighted by atomic mass is 16.5. The van der Waals surface area contributed by atoms with Gasteiger partial charge in [-0.2, -0.15) is 0 Å². The molecule has 1 atom stereocenters. The number of aromatic nitrogens is 2.